The molecule has 0 fully saturated rings. The van der Waals surface area contributed by atoms with Crippen LogP contribution in [0.4, 0.5) is 0 Å². The van der Waals surface area contributed by atoms with Gasteiger partial charge >= 0.3 is 0 Å². The predicted octanol–water partition coefficient (Wildman–Crippen LogP) is 4.19. The summed E-state index contributed by atoms with van der Waals surface area (Å²) < 4.78 is 2.01. The molecule has 19 heavy (non-hydrogen) atoms. The van der Waals surface area contributed by atoms with Crippen LogP contribution in [0.2, 0.25) is 15.1 Å². The van der Waals surface area contributed by atoms with Gasteiger partial charge in [0.1, 0.15) is 0 Å². The first kappa shape index (κ1) is 14.7. The number of aromatic nitrogens is 2. The molecule has 1 atom stereocenters. The molecule has 1 unspecified atom stereocenters. The Morgan fingerprint density at radius 1 is 1.26 bits per heavy atom. The molecule has 1 N–H and O–H groups in total. The van der Waals surface area contributed by atoms with E-state index >= 15 is 0 Å². The van der Waals surface area contributed by atoms with Crippen molar-refractivity contribution in [2.24, 2.45) is 0 Å². The molecule has 1 aromatic carbocycles. The molecule has 0 spiro atoms. The zero-order chi connectivity index (χ0) is 13.8. The van der Waals surface area contributed by atoms with E-state index in [1.807, 2.05) is 23.8 Å². The van der Waals surface area contributed by atoms with Gasteiger partial charge in [-0.1, -0.05) is 40.9 Å². The van der Waals surface area contributed by atoms with E-state index in [0.29, 0.717) is 15.1 Å². The maximum absolute atomic E-state index is 6.20. The third-order valence-electron chi connectivity index (χ3n) is 2.91. The van der Waals surface area contributed by atoms with E-state index in [1.54, 1.807) is 18.6 Å². The molecule has 0 aliphatic rings. The van der Waals surface area contributed by atoms with Crippen molar-refractivity contribution in [3.05, 3.63) is 51.5 Å². The predicted molar refractivity (Wildman–Crippen MR) is 80.1 cm³/mol. The van der Waals surface area contributed by atoms with Gasteiger partial charge in [-0.2, -0.15) is 0 Å². The van der Waals surface area contributed by atoms with Crippen LogP contribution in [0.15, 0.2) is 30.9 Å². The summed E-state index contributed by atoms with van der Waals surface area (Å²) in [6.45, 7) is 3.71. The van der Waals surface area contributed by atoms with Crippen LogP contribution in [-0.4, -0.2) is 16.1 Å². The number of nitrogens with zero attached hydrogens (tertiary/aromatic N) is 2. The van der Waals surface area contributed by atoms with Gasteiger partial charge in [-0.05, 0) is 18.6 Å². The Bertz CT molecular complexity index is 540. The third kappa shape index (κ3) is 3.63. The summed E-state index contributed by atoms with van der Waals surface area (Å²) in [4.78, 5) is 4.00. The minimum absolute atomic E-state index is 0.103. The van der Waals surface area contributed by atoms with Gasteiger partial charge in [0, 0.05) is 31.5 Å². The second kappa shape index (κ2) is 6.62. The molecule has 0 radical (unpaired) electrons. The molecule has 0 aliphatic heterocycles. The SMILES string of the molecule is CC(NCCn1ccnc1)c1ccc(Cl)c(Cl)c1Cl. The van der Waals surface area contributed by atoms with E-state index in [-0.39, 0.29) is 6.04 Å². The van der Waals surface area contributed by atoms with Crippen molar-refractivity contribution in [1.82, 2.24) is 14.9 Å². The first-order chi connectivity index (χ1) is 9.09. The van der Waals surface area contributed by atoms with E-state index in [1.165, 1.54) is 0 Å². The lowest BCUT2D eigenvalue weighted by molar-refractivity contribution is 0.531. The fourth-order valence-electron chi connectivity index (χ4n) is 1.81. The Morgan fingerprint density at radius 3 is 2.74 bits per heavy atom. The van der Waals surface area contributed by atoms with Gasteiger partial charge < -0.3 is 9.88 Å². The Morgan fingerprint density at radius 2 is 2.05 bits per heavy atom. The Labute approximate surface area is 127 Å². The van der Waals surface area contributed by atoms with Crippen molar-refractivity contribution >= 4 is 34.8 Å². The normalized spacial score (nSPS) is 12.6. The minimum Gasteiger partial charge on any atom is -0.336 e. The number of imidazole rings is 1. The standard InChI is InChI=1S/C13H14Cl3N3/c1-9(18-5-7-19-6-4-17-8-19)10-2-3-11(14)13(16)12(10)15/h2-4,6,8-9,18H,5,7H2,1H3. The zero-order valence-corrected chi connectivity index (χ0v) is 12.7. The Hall–Kier alpha value is -0.740. The molecular weight excluding hydrogens is 305 g/mol. The van der Waals surface area contributed by atoms with Gasteiger partial charge in [-0.25, -0.2) is 4.98 Å². The lowest BCUT2D eigenvalue weighted by Gasteiger charge is -2.17. The van der Waals surface area contributed by atoms with Crippen LogP contribution in [0.25, 0.3) is 0 Å². The quantitative estimate of drug-likeness (QED) is 0.838. The fourth-order valence-corrected chi connectivity index (χ4v) is 2.52. The van der Waals surface area contributed by atoms with E-state index in [9.17, 15) is 0 Å². The summed E-state index contributed by atoms with van der Waals surface area (Å²) in [6, 6.07) is 3.76. The van der Waals surface area contributed by atoms with Crippen LogP contribution in [0.3, 0.4) is 0 Å². The largest absolute Gasteiger partial charge is 0.336 e. The third-order valence-corrected chi connectivity index (χ3v) is 4.22. The summed E-state index contributed by atoms with van der Waals surface area (Å²) in [5, 5.41) is 4.78. The van der Waals surface area contributed by atoms with Gasteiger partial charge in [-0.15, -0.1) is 0 Å². The topological polar surface area (TPSA) is 29.9 Å². The Balaban J connectivity index is 1.96. The minimum atomic E-state index is 0.103. The molecule has 102 valence electrons. The molecule has 2 aromatic rings. The van der Waals surface area contributed by atoms with E-state index in [4.69, 9.17) is 34.8 Å². The number of halogens is 3. The van der Waals surface area contributed by atoms with Crippen LogP contribution >= 0.6 is 34.8 Å². The monoisotopic (exact) mass is 317 g/mol. The fraction of sp³-hybridized carbons (Fsp3) is 0.308. The van der Waals surface area contributed by atoms with Crippen LogP contribution in [0, 0.1) is 0 Å². The number of hydrogen-bond donors (Lipinski definition) is 1. The molecule has 6 heteroatoms. The van der Waals surface area contributed by atoms with Crippen molar-refractivity contribution < 1.29 is 0 Å². The maximum Gasteiger partial charge on any atom is 0.0946 e. The molecule has 0 saturated heterocycles. The maximum atomic E-state index is 6.20. The summed E-state index contributed by atoms with van der Waals surface area (Å²) in [5.41, 5.74) is 0.946. The second-order valence-corrected chi connectivity index (χ2v) is 5.40. The van der Waals surface area contributed by atoms with Crippen molar-refractivity contribution in [3.8, 4) is 0 Å². The lowest BCUT2D eigenvalue weighted by atomic mass is 10.1. The molecule has 0 saturated carbocycles. The smallest absolute Gasteiger partial charge is 0.0946 e. The van der Waals surface area contributed by atoms with Gasteiger partial charge in [0.2, 0.25) is 0 Å². The van der Waals surface area contributed by atoms with Crippen LogP contribution in [0.5, 0.6) is 0 Å². The van der Waals surface area contributed by atoms with Gasteiger partial charge in [-0.3, -0.25) is 0 Å². The molecular formula is C13H14Cl3N3. The molecule has 2 rings (SSSR count). The second-order valence-electron chi connectivity index (χ2n) is 4.24. The molecule has 1 aromatic heterocycles. The molecule has 1 heterocycles. The molecule has 0 bridgehead atoms. The summed E-state index contributed by atoms with van der Waals surface area (Å²) >= 11 is 18.2. The van der Waals surface area contributed by atoms with Gasteiger partial charge in [0.15, 0.2) is 0 Å². The highest BCUT2D eigenvalue weighted by Gasteiger charge is 2.13. The van der Waals surface area contributed by atoms with Crippen LogP contribution < -0.4 is 5.32 Å². The van der Waals surface area contributed by atoms with Crippen molar-refractivity contribution in [2.45, 2.75) is 19.5 Å². The summed E-state index contributed by atoms with van der Waals surface area (Å²) in [6.07, 6.45) is 5.48. The summed E-state index contributed by atoms with van der Waals surface area (Å²) in [5.74, 6) is 0. The summed E-state index contributed by atoms with van der Waals surface area (Å²) in [7, 11) is 0. The highest BCUT2D eigenvalue weighted by atomic mass is 35.5. The average Bonchev–Trinajstić information content (AvgIpc) is 2.89. The van der Waals surface area contributed by atoms with E-state index in [0.717, 1.165) is 18.7 Å². The van der Waals surface area contributed by atoms with Gasteiger partial charge in [0.25, 0.3) is 0 Å². The zero-order valence-electron chi connectivity index (χ0n) is 10.4. The number of rotatable bonds is 5. The van der Waals surface area contributed by atoms with Crippen LogP contribution in [-0.2, 0) is 6.54 Å². The molecule has 0 aliphatic carbocycles. The number of benzene rings is 1. The van der Waals surface area contributed by atoms with Crippen molar-refractivity contribution in [1.29, 1.82) is 0 Å². The van der Waals surface area contributed by atoms with Gasteiger partial charge in [0.05, 0.1) is 21.4 Å². The number of hydrogen-bond acceptors (Lipinski definition) is 2. The molecule has 0 amide bonds. The first-order valence-corrected chi connectivity index (χ1v) is 7.05. The first-order valence-electron chi connectivity index (χ1n) is 5.92. The number of nitrogens with one attached hydrogen (secondary N) is 1. The average molecular weight is 319 g/mol. The van der Waals surface area contributed by atoms with E-state index < -0.39 is 0 Å². The highest BCUT2D eigenvalue weighted by molar-refractivity contribution is 6.48. The van der Waals surface area contributed by atoms with Crippen molar-refractivity contribution in [2.75, 3.05) is 6.54 Å². The lowest BCUT2D eigenvalue weighted by Crippen LogP contribution is -2.23. The van der Waals surface area contributed by atoms with Crippen molar-refractivity contribution in [3.63, 3.8) is 0 Å². The molecule has 3 nitrogen and oxygen atoms in total. The van der Waals surface area contributed by atoms with E-state index in [2.05, 4.69) is 10.3 Å². The van der Waals surface area contributed by atoms with Crippen LogP contribution in [0.1, 0.15) is 18.5 Å². The highest BCUT2D eigenvalue weighted by Crippen LogP contribution is 2.35. The Kier molecular flexibility index (Phi) is 5.11.